The number of hydrogen-bond donors (Lipinski definition) is 1. The van der Waals surface area contributed by atoms with Crippen LogP contribution >= 0.6 is 0 Å². The molecule has 1 aliphatic rings. The molecule has 0 bridgehead atoms. The molecule has 2 rings (SSSR count). The fraction of sp³-hybridized carbons (Fsp3) is 0.588. The van der Waals surface area contributed by atoms with Crippen LogP contribution in [0.2, 0.25) is 0 Å². The number of amides is 1. The van der Waals surface area contributed by atoms with Gasteiger partial charge in [-0.3, -0.25) is 14.9 Å². The second-order valence-electron chi connectivity index (χ2n) is 6.46. The van der Waals surface area contributed by atoms with Gasteiger partial charge in [-0.1, -0.05) is 32.8 Å². The van der Waals surface area contributed by atoms with Gasteiger partial charge in [0.2, 0.25) is 0 Å². The molecule has 0 heterocycles. The molecule has 3 atom stereocenters. The fourth-order valence-electron chi connectivity index (χ4n) is 3.07. The first-order valence-corrected chi connectivity index (χ1v) is 8.05. The standard InChI is InChI=1S/C17H24N2O4/c1-11-7-8-16(15(9-11)19(21)22)23-10-17(20)18-14-6-4-5-12(2)13(14)3/h7-9,12-14H,4-6,10H2,1-3H3,(H,18,20)/t12-,13-,14+/m0/s1. The van der Waals surface area contributed by atoms with Gasteiger partial charge in [0.1, 0.15) is 0 Å². The van der Waals surface area contributed by atoms with E-state index in [1.807, 2.05) is 0 Å². The number of hydrogen-bond acceptors (Lipinski definition) is 4. The summed E-state index contributed by atoms with van der Waals surface area (Å²) in [5.41, 5.74) is 0.663. The minimum absolute atomic E-state index is 0.113. The van der Waals surface area contributed by atoms with Crippen LogP contribution in [0.25, 0.3) is 0 Å². The Labute approximate surface area is 136 Å². The van der Waals surface area contributed by atoms with Crippen LogP contribution in [0, 0.1) is 28.9 Å². The van der Waals surface area contributed by atoms with E-state index in [4.69, 9.17) is 4.74 Å². The summed E-state index contributed by atoms with van der Waals surface area (Å²) in [7, 11) is 0. The molecule has 1 fully saturated rings. The number of ether oxygens (including phenoxy) is 1. The minimum Gasteiger partial charge on any atom is -0.477 e. The average Bonchev–Trinajstić information content (AvgIpc) is 2.50. The van der Waals surface area contributed by atoms with Crippen LogP contribution in [-0.2, 0) is 4.79 Å². The van der Waals surface area contributed by atoms with Crippen LogP contribution in [0.5, 0.6) is 5.75 Å². The summed E-state index contributed by atoms with van der Waals surface area (Å²) in [5.74, 6) is 0.918. The van der Waals surface area contributed by atoms with Crippen LogP contribution < -0.4 is 10.1 Å². The van der Waals surface area contributed by atoms with E-state index in [1.165, 1.54) is 18.6 Å². The van der Waals surface area contributed by atoms with Gasteiger partial charge in [-0.2, -0.15) is 0 Å². The van der Waals surface area contributed by atoms with E-state index in [2.05, 4.69) is 19.2 Å². The van der Waals surface area contributed by atoms with Gasteiger partial charge in [-0.05, 0) is 36.8 Å². The summed E-state index contributed by atoms with van der Waals surface area (Å²) in [4.78, 5) is 22.6. The fourth-order valence-corrected chi connectivity index (χ4v) is 3.07. The molecule has 1 aromatic rings. The Kier molecular flexibility index (Phi) is 5.58. The lowest BCUT2D eigenvalue weighted by Gasteiger charge is -2.34. The predicted octanol–water partition coefficient (Wildman–Crippen LogP) is 3.22. The molecule has 0 radical (unpaired) electrons. The highest BCUT2D eigenvalue weighted by Crippen LogP contribution is 2.30. The molecule has 0 spiro atoms. The Hall–Kier alpha value is -2.11. The molecule has 0 aromatic heterocycles. The first-order chi connectivity index (χ1) is 10.9. The van der Waals surface area contributed by atoms with Crippen molar-refractivity contribution < 1.29 is 14.5 Å². The molecule has 1 amide bonds. The summed E-state index contributed by atoms with van der Waals surface area (Å²) in [6.07, 6.45) is 3.28. The topological polar surface area (TPSA) is 81.5 Å². The van der Waals surface area contributed by atoms with Crippen LogP contribution in [0.3, 0.4) is 0 Å². The first-order valence-electron chi connectivity index (χ1n) is 8.05. The highest BCUT2D eigenvalue weighted by atomic mass is 16.6. The van der Waals surface area contributed by atoms with Crippen molar-refractivity contribution in [3.05, 3.63) is 33.9 Å². The van der Waals surface area contributed by atoms with Crippen LogP contribution in [0.4, 0.5) is 5.69 Å². The lowest BCUT2D eigenvalue weighted by atomic mass is 9.78. The lowest BCUT2D eigenvalue weighted by Crippen LogP contribution is -2.45. The van der Waals surface area contributed by atoms with Crippen LogP contribution in [-0.4, -0.2) is 23.5 Å². The third-order valence-electron chi connectivity index (χ3n) is 4.72. The van der Waals surface area contributed by atoms with E-state index in [9.17, 15) is 14.9 Å². The number of carbonyl (C=O) groups excluding carboxylic acids is 1. The second-order valence-corrected chi connectivity index (χ2v) is 6.46. The van der Waals surface area contributed by atoms with Crippen molar-refractivity contribution in [2.45, 2.75) is 46.1 Å². The van der Waals surface area contributed by atoms with Crippen molar-refractivity contribution >= 4 is 11.6 Å². The Morgan fingerprint density at radius 1 is 1.39 bits per heavy atom. The van der Waals surface area contributed by atoms with Gasteiger partial charge in [0.25, 0.3) is 5.91 Å². The maximum Gasteiger partial charge on any atom is 0.311 e. The number of benzene rings is 1. The van der Waals surface area contributed by atoms with Crippen molar-refractivity contribution in [3.63, 3.8) is 0 Å². The Balaban J connectivity index is 1.93. The quantitative estimate of drug-likeness (QED) is 0.667. The van der Waals surface area contributed by atoms with Crippen LogP contribution in [0.1, 0.15) is 38.7 Å². The molecule has 6 heteroatoms. The first kappa shape index (κ1) is 17.2. The van der Waals surface area contributed by atoms with E-state index in [-0.39, 0.29) is 30.0 Å². The maximum absolute atomic E-state index is 12.1. The van der Waals surface area contributed by atoms with E-state index < -0.39 is 4.92 Å². The molecular weight excluding hydrogens is 296 g/mol. The Bertz CT molecular complexity index is 588. The van der Waals surface area contributed by atoms with E-state index >= 15 is 0 Å². The zero-order valence-electron chi connectivity index (χ0n) is 13.9. The van der Waals surface area contributed by atoms with Gasteiger partial charge in [0, 0.05) is 12.1 Å². The monoisotopic (exact) mass is 320 g/mol. The largest absolute Gasteiger partial charge is 0.477 e. The SMILES string of the molecule is Cc1ccc(OCC(=O)N[C@@H]2CCC[C@H](C)[C@@H]2C)c([N+](=O)[O-])c1. The van der Waals surface area contributed by atoms with Gasteiger partial charge in [0.05, 0.1) is 4.92 Å². The second kappa shape index (κ2) is 7.44. The maximum atomic E-state index is 12.1. The average molecular weight is 320 g/mol. The third-order valence-corrected chi connectivity index (χ3v) is 4.72. The zero-order valence-corrected chi connectivity index (χ0v) is 13.9. The van der Waals surface area contributed by atoms with Gasteiger partial charge in [-0.25, -0.2) is 0 Å². The predicted molar refractivity (Wildman–Crippen MR) is 87.4 cm³/mol. The van der Waals surface area contributed by atoms with Gasteiger partial charge in [-0.15, -0.1) is 0 Å². The Morgan fingerprint density at radius 2 is 2.13 bits per heavy atom. The number of nitrogens with one attached hydrogen (secondary N) is 1. The Morgan fingerprint density at radius 3 is 2.83 bits per heavy atom. The molecule has 1 N–H and O–H groups in total. The molecule has 126 valence electrons. The number of carbonyl (C=O) groups is 1. The number of nitro groups is 1. The number of rotatable bonds is 5. The molecule has 23 heavy (non-hydrogen) atoms. The molecule has 0 aliphatic heterocycles. The van der Waals surface area contributed by atoms with Crippen molar-refractivity contribution in [2.24, 2.45) is 11.8 Å². The van der Waals surface area contributed by atoms with Gasteiger partial charge >= 0.3 is 5.69 Å². The summed E-state index contributed by atoms with van der Waals surface area (Å²) in [5, 5.41) is 14.0. The number of nitro benzene ring substituents is 1. The normalized spacial score (nSPS) is 24.0. The highest BCUT2D eigenvalue weighted by Gasteiger charge is 2.28. The highest BCUT2D eigenvalue weighted by molar-refractivity contribution is 5.78. The van der Waals surface area contributed by atoms with Crippen molar-refractivity contribution in [1.29, 1.82) is 0 Å². The minimum atomic E-state index is -0.495. The zero-order chi connectivity index (χ0) is 17.0. The van der Waals surface area contributed by atoms with E-state index in [0.717, 1.165) is 18.4 Å². The van der Waals surface area contributed by atoms with Crippen molar-refractivity contribution in [2.75, 3.05) is 6.61 Å². The van der Waals surface area contributed by atoms with E-state index in [0.29, 0.717) is 11.8 Å². The summed E-state index contributed by atoms with van der Waals surface area (Å²) in [6, 6.07) is 4.86. The smallest absolute Gasteiger partial charge is 0.311 e. The van der Waals surface area contributed by atoms with Gasteiger partial charge < -0.3 is 10.1 Å². The molecule has 1 aliphatic carbocycles. The van der Waals surface area contributed by atoms with Gasteiger partial charge in [0.15, 0.2) is 12.4 Å². The van der Waals surface area contributed by atoms with E-state index in [1.54, 1.807) is 13.0 Å². The summed E-state index contributed by atoms with van der Waals surface area (Å²) >= 11 is 0. The lowest BCUT2D eigenvalue weighted by molar-refractivity contribution is -0.385. The van der Waals surface area contributed by atoms with Crippen LogP contribution in [0.15, 0.2) is 18.2 Å². The van der Waals surface area contributed by atoms with Crippen molar-refractivity contribution in [1.82, 2.24) is 5.32 Å². The molecular formula is C17H24N2O4. The molecule has 1 saturated carbocycles. The molecule has 0 unspecified atom stereocenters. The molecule has 1 aromatic carbocycles. The van der Waals surface area contributed by atoms with Crippen molar-refractivity contribution in [3.8, 4) is 5.75 Å². The third kappa shape index (κ3) is 4.43. The number of aryl methyl sites for hydroxylation is 1. The molecule has 6 nitrogen and oxygen atoms in total. The summed E-state index contributed by atoms with van der Waals surface area (Å²) in [6.45, 7) is 5.92. The summed E-state index contributed by atoms with van der Waals surface area (Å²) < 4.78 is 5.37. The molecule has 0 saturated heterocycles. The number of nitrogens with zero attached hydrogens (tertiary/aromatic N) is 1.